The third-order valence-corrected chi connectivity index (χ3v) is 14.4. The molecule has 0 unspecified atom stereocenters. The lowest BCUT2D eigenvalue weighted by Crippen LogP contribution is -2.36. The predicted octanol–water partition coefficient (Wildman–Crippen LogP) is 16.1. The fraction of sp³-hybridized carbons (Fsp3) is 0.0154. The quantitative estimate of drug-likeness (QED) is 0.156. The molecule has 0 saturated carbocycles. The van der Waals surface area contributed by atoms with Crippen molar-refractivity contribution in [3.63, 3.8) is 0 Å². The fourth-order valence-electron chi connectivity index (χ4n) is 11.4. The first-order valence-corrected chi connectivity index (χ1v) is 23.8. The van der Waals surface area contributed by atoms with Crippen LogP contribution in [0.15, 0.2) is 249 Å². The molecule has 1 aliphatic carbocycles. The summed E-state index contributed by atoms with van der Waals surface area (Å²) in [6, 6.07) is 85.2. The number of anilines is 3. The van der Waals surface area contributed by atoms with Gasteiger partial charge in [0.15, 0.2) is 0 Å². The van der Waals surface area contributed by atoms with Crippen molar-refractivity contribution < 1.29 is 0 Å². The Kier molecular flexibility index (Phi) is 9.04. The highest BCUT2D eigenvalue weighted by molar-refractivity contribution is 6.20. The summed E-state index contributed by atoms with van der Waals surface area (Å²) in [6.45, 7) is 0. The number of rotatable bonds is 6. The van der Waals surface area contributed by atoms with Gasteiger partial charge in [0.2, 0.25) is 0 Å². The highest BCUT2D eigenvalue weighted by Gasteiger charge is 2.52. The number of benzene rings is 8. The molecular weight excluding hydrogens is 851 g/mol. The zero-order chi connectivity index (χ0) is 46.2. The zero-order valence-electron chi connectivity index (χ0n) is 37.9. The van der Waals surface area contributed by atoms with Crippen LogP contribution in [0.1, 0.15) is 22.3 Å². The van der Waals surface area contributed by atoms with Crippen molar-refractivity contribution >= 4 is 38.7 Å². The lowest BCUT2D eigenvalue weighted by molar-refractivity contribution is 0.753. The maximum absolute atomic E-state index is 5.40. The van der Waals surface area contributed by atoms with Crippen LogP contribution in [0.3, 0.4) is 0 Å². The highest BCUT2D eigenvalue weighted by atomic mass is 15.2. The maximum Gasteiger partial charge on any atom is 0.0900 e. The van der Waals surface area contributed by atoms with E-state index in [0.29, 0.717) is 0 Å². The Morgan fingerprint density at radius 2 is 0.900 bits per heavy atom. The topological polar surface area (TPSA) is 54.8 Å². The minimum Gasteiger partial charge on any atom is -0.310 e. The molecule has 0 atom stereocenters. The summed E-state index contributed by atoms with van der Waals surface area (Å²) in [7, 11) is 0. The van der Waals surface area contributed by atoms with E-state index in [1.807, 2.05) is 48.8 Å². The fourth-order valence-corrected chi connectivity index (χ4v) is 11.4. The minimum absolute atomic E-state index is 0.630. The third-order valence-electron chi connectivity index (χ3n) is 14.4. The van der Waals surface area contributed by atoms with E-state index in [1.165, 1.54) is 50.1 Å². The van der Waals surface area contributed by atoms with Gasteiger partial charge in [0, 0.05) is 39.8 Å². The monoisotopic (exact) mass is 891 g/mol. The van der Waals surface area contributed by atoms with E-state index in [1.54, 1.807) is 0 Å². The van der Waals surface area contributed by atoms with Crippen LogP contribution in [0.4, 0.5) is 17.1 Å². The molecule has 2 aliphatic rings. The van der Waals surface area contributed by atoms with Gasteiger partial charge < -0.3 is 4.90 Å². The molecule has 0 fully saturated rings. The number of nitrogens with zero attached hydrogens (tertiary/aromatic N) is 5. The summed E-state index contributed by atoms with van der Waals surface area (Å²) >= 11 is 0. The molecule has 1 spiro atoms. The summed E-state index contributed by atoms with van der Waals surface area (Å²) in [5.74, 6) is 0. The molecule has 0 radical (unpaired) electrons. The first kappa shape index (κ1) is 39.8. The Bertz CT molecular complexity index is 3880. The van der Waals surface area contributed by atoms with Crippen molar-refractivity contribution in [3.8, 4) is 67.4 Å². The summed E-state index contributed by atoms with van der Waals surface area (Å²) in [5, 5.41) is 3.50. The molecule has 0 N–H and O–H groups in total. The van der Waals surface area contributed by atoms with Crippen molar-refractivity contribution in [1.29, 1.82) is 0 Å². The molecule has 0 bridgehead atoms. The number of pyridine rings is 4. The van der Waals surface area contributed by atoms with Crippen molar-refractivity contribution in [1.82, 2.24) is 19.9 Å². The van der Waals surface area contributed by atoms with E-state index < -0.39 is 5.41 Å². The average Bonchev–Trinajstić information content (AvgIpc) is 3.73. The van der Waals surface area contributed by atoms with Gasteiger partial charge in [-0.25, -0.2) is 9.97 Å². The first-order valence-electron chi connectivity index (χ1n) is 23.8. The molecule has 1 aliphatic heterocycles. The second-order valence-electron chi connectivity index (χ2n) is 18.1. The largest absolute Gasteiger partial charge is 0.310 e. The molecule has 8 aromatic carbocycles. The van der Waals surface area contributed by atoms with Gasteiger partial charge in [-0.2, -0.15) is 0 Å². The van der Waals surface area contributed by atoms with Gasteiger partial charge in [0.05, 0.1) is 50.8 Å². The summed E-state index contributed by atoms with van der Waals surface area (Å²) < 4.78 is 0. The molecule has 14 rings (SSSR count). The smallest absolute Gasteiger partial charge is 0.0900 e. The zero-order valence-corrected chi connectivity index (χ0v) is 37.9. The van der Waals surface area contributed by atoms with Gasteiger partial charge in [-0.15, -0.1) is 0 Å². The van der Waals surface area contributed by atoms with E-state index >= 15 is 0 Å². The van der Waals surface area contributed by atoms with E-state index in [-0.39, 0.29) is 0 Å². The lowest BCUT2D eigenvalue weighted by Gasteiger charge is -2.45. The number of hydrogen-bond donors (Lipinski definition) is 0. The molecule has 70 heavy (non-hydrogen) atoms. The molecule has 5 heteroatoms. The number of fused-ring (bicyclic) bond motifs is 13. The molecule has 326 valence electrons. The predicted molar refractivity (Wildman–Crippen MR) is 285 cm³/mol. The van der Waals surface area contributed by atoms with E-state index in [0.717, 1.165) is 78.3 Å². The van der Waals surface area contributed by atoms with Crippen molar-refractivity contribution in [2.75, 3.05) is 4.90 Å². The van der Waals surface area contributed by atoms with Crippen LogP contribution in [0, 0.1) is 0 Å². The van der Waals surface area contributed by atoms with Gasteiger partial charge >= 0.3 is 0 Å². The number of aromatic nitrogens is 4. The van der Waals surface area contributed by atoms with Gasteiger partial charge in [0.1, 0.15) is 0 Å². The van der Waals surface area contributed by atoms with E-state index in [9.17, 15) is 0 Å². The van der Waals surface area contributed by atoms with Crippen LogP contribution in [-0.4, -0.2) is 19.9 Å². The standard InChI is InChI=1S/C65H41N5/c1-3-17-44(18-4-1)64-49-34-36-54-63(62(49)48-21-7-10-24-55(48)69-64)50-39-45(42-29-31-43(32-30-42)46-40-58(56-25-13-15-37-66-56)68-59(41-46)57-26-14-16-38-67-57)33-35-51(50)65(54)52-22-8-11-27-60(52)70(47-19-5-2-6-20-47)61-28-12-9-23-53(61)65/h1-41H. The van der Waals surface area contributed by atoms with Gasteiger partial charge in [-0.3, -0.25) is 9.97 Å². The van der Waals surface area contributed by atoms with Crippen LogP contribution in [-0.2, 0) is 5.41 Å². The van der Waals surface area contributed by atoms with E-state index in [4.69, 9.17) is 9.97 Å². The van der Waals surface area contributed by atoms with Crippen molar-refractivity contribution in [2.45, 2.75) is 5.41 Å². The molecule has 12 aromatic rings. The van der Waals surface area contributed by atoms with Crippen LogP contribution in [0.25, 0.3) is 89.1 Å². The third kappa shape index (κ3) is 6.05. The second kappa shape index (κ2) is 15.9. The van der Waals surface area contributed by atoms with Crippen molar-refractivity contribution in [3.05, 3.63) is 271 Å². The SMILES string of the molecule is c1ccc(-c2nc3ccccc3c3c4c(ccc23)C2(c3ccc(-c5ccc(-c6cc(-c7ccccn7)nc(-c7ccccn7)c6)cc5)cc3-4)c3ccccc3N(c3ccccc3)c3ccccc32)cc1. The first-order chi connectivity index (χ1) is 34.7. The van der Waals surface area contributed by atoms with Crippen LogP contribution < -0.4 is 4.90 Å². The Morgan fingerprint density at radius 1 is 0.343 bits per heavy atom. The number of hydrogen-bond acceptors (Lipinski definition) is 5. The Hall–Kier alpha value is -9.32. The summed E-state index contributed by atoms with van der Waals surface area (Å²) in [6.07, 6.45) is 3.62. The number of para-hydroxylation sites is 4. The second-order valence-corrected chi connectivity index (χ2v) is 18.1. The highest BCUT2D eigenvalue weighted by Crippen LogP contribution is 2.65. The molecule has 0 saturated heterocycles. The average molecular weight is 892 g/mol. The summed E-state index contributed by atoms with van der Waals surface area (Å²) in [5.41, 5.74) is 21.1. The minimum atomic E-state index is -0.630. The Morgan fingerprint density at radius 3 is 1.56 bits per heavy atom. The van der Waals surface area contributed by atoms with Crippen LogP contribution >= 0.6 is 0 Å². The normalized spacial score (nSPS) is 12.9. The van der Waals surface area contributed by atoms with Gasteiger partial charge in [0.25, 0.3) is 0 Å². The Labute approximate surface area is 405 Å². The lowest BCUT2D eigenvalue weighted by atomic mass is 9.64. The van der Waals surface area contributed by atoms with Crippen LogP contribution in [0.2, 0.25) is 0 Å². The van der Waals surface area contributed by atoms with Gasteiger partial charge in [-0.05, 0) is 128 Å². The van der Waals surface area contributed by atoms with Crippen molar-refractivity contribution in [2.24, 2.45) is 0 Å². The van der Waals surface area contributed by atoms with Crippen LogP contribution in [0.5, 0.6) is 0 Å². The summed E-state index contributed by atoms with van der Waals surface area (Å²) in [4.78, 5) is 22.2. The van der Waals surface area contributed by atoms with Gasteiger partial charge in [-0.1, -0.05) is 164 Å². The molecule has 4 aromatic heterocycles. The maximum atomic E-state index is 5.40. The molecule has 5 heterocycles. The molecule has 5 nitrogen and oxygen atoms in total. The molecular formula is C65H41N5. The Balaban J connectivity index is 1.01. The van der Waals surface area contributed by atoms with E-state index in [2.05, 4.69) is 215 Å². The molecule has 0 amide bonds.